The second kappa shape index (κ2) is 3.33. The molecular weight excluding hydrogens is 212 g/mol. The molecule has 0 radical (unpaired) electrons. The molecule has 1 aromatic carbocycles. The highest BCUT2D eigenvalue weighted by atomic mass is 33.1. The number of hydrogen-bond donors (Lipinski definition) is 0. The van der Waals surface area contributed by atoms with Crippen LogP contribution in [0.2, 0.25) is 0 Å². The third kappa shape index (κ3) is 1.33. The predicted molar refractivity (Wildman–Crippen MR) is 64.8 cm³/mol. The molecule has 2 aliphatic rings. The van der Waals surface area contributed by atoms with Gasteiger partial charge in [0.15, 0.2) is 0 Å². The summed E-state index contributed by atoms with van der Waals surface area (Å²) >= 11 is 0. The van der Waals surface area contributed by atoms with Gasteiger partial charge in [-0.1, -0.05) is 30.3 Å². The fraction of sp³-hybridized carbons (Fsp3) is 0. The van der Waals surface area contributed by atoms with Gasteiger partial charge in [-0.2, -0.15) is 0 Å². The summed E-state index contributed by atoms with van der Waals surface area (Å²) in [5, 5.41) is 2.09. The lowest BCUT2D eigenvalue weighted by Crippen LogP contribution is -1.82. The molecule has 3 heteroatoms. The molecule has 0 fully saturated rings. The van der Waals surface area contributed by atoms with Gasteiger partial charge < -0.3 is 4.18 Å². The van der Waals surface area contributed by atoms with Crippen LogP contribution in [0.1, 0.15) is 5.56 Å². The average Bonchev–Trinajstić information content (AvgIpc) is 2.78. The summed E-state index contributed by atoms with van der Waals surface area (Å²) in [7, 11) is 1.68. The fourth-order valence-electron chi connectivity index (χ4n) is 1.39. The van der Waals surface area contributed by atoms with Crippen LogP contribution in [0.4, 0.5) is 0 Å². The van der Waals surface area contributed by atoms with Crippen molar-refractivity contribution in [2.75, 3.05) is 0 Å². The monoisotopic (exact) mass is 220 g/mol. The minimum Gasteiger partial charge on any atom is -0.422 e. The van der Waals surface area contributed by atoms with E-state index in [-0.39, 0.29) is 9.80 Å². The molecule has 2 aliphatic heterocycles. The first-order valence-electron chi connectivity index (χ1n) is 4.34. The summed E-state index contributed by atoms with van der Waals surface area (Å²) in [5.41, 5.74) is 1.16. The Kier molecular flexibility index (Phi) is 2.00. The Bertz CT molecular complexity index is 457. The lowest BCUT2D eigenvalue weighted by atomic mass is 10.1. The Hall–Kier alpha value is -0.930. The van der Waals surface area contributed by atoms with Crippen molar-refractivity contribution in [3.8, 4) is 0 Å². The van der Waals surface area contributed by atoms with Crippen molar-refractivity contribution in [3.63, 3.8) is 0 Å². The molecule has 0 aliphatic carbocycles. The molecule has 1 atom stereocenters. The normalized spacial score (nSPS) is 23.3. The van der Waals surface area contributed by atoms with E-state index in [0.717, 1.165) is 11.3 Å². The van der Waals surface area contributed by atoms with Gasteiger partial charge in [0.1, 0.15) is 5.76 Å². The van der Waals surface area contributed by atoms with Crippen molar-refractivity contribution in [2.45, 2.75) is 0 Å². The molecule has 0 amide bonds. The number of hydrogen-bond acceptors (Lipinski definition) is 2. The van der Waals surface area contributed by atoms with Gasteiger partial charge in [-0.25, -0.2) is 0 Å². The first-order valence-corrected chi connectivity index (χ1v) is 6.88. The number of allylic oxidation sites excluding steroid dienone is 2. The van der Waals surface area contributed by atoms with Gasteiger partial charge in [0.25, 0.3) is 0 Å². The van der Waals surface area contributed by atoms with Crippen LogP contribution in [0.15, 0.2) is 47.9 Å². The second-order valence-electron chi connectivity index (χ2n) is 2.99. The molecule has 3 rings (SSSR count). The zero-order chi connectivity index (χ0) is 9.38. The van der Waals surface area contributed by atoms with Crippen LogP contribution in [-0.2, 0) is 4.18 Å². The van der Waals surface area contributed by atoms with E-state index in [4.69, 9.17) is 4.18 Å². The van der Waals surface area contributed by atoms with Gasteiger partial charge in [0.2, 0.25) is 0 Å². The lowest BCUT2D eigenvalue weighted by Gasteiger charge is -2.05. The van der Waals surface area contributed by atoms with Gasteiger partial charge in [-0.05, 0) is 28.4 Å². The maximum atomic E-state index is 5.82. The Morgan fingerprint density at radius 2 is 2.00 bits per heavy atom. The zero-order valence-electron chi connectivity index (χ0n) is 7.34. The average molecular weight is 220 g/mol. The highest BCUT2D eigenvalue weighted by Crippen LogP contribution is 2.47. The molecule has 1 aromatic rings. The lowest BCUT2D eigenvalue weighted by molar-refractivity contribution is 0.615. The van der Waals surface area contributed by atoms with E-state index in [9.17, 15) is 0 Å². The molecule has 2 heterocycles. The molecule has 0 N–H and O–H groups in total. The van der Waals surface area contributed by atoms with Crippen LogP contribution >= 0.6 is 20.6 Å². The summed E-state index contributed by atoms with van der Waals surface area (Å²) in [6, 6.07) is 10.2. The van der Waals surface area contributed by atoms with E-state index >= 15 is 0 Å². The second-order valence-corrected chi connectivity index (χ2v) is 6.05. The van der Waals surface area contributed by atoms with Crippen molar-refractivity contribution in [1.82, 2.24) is 0 Å². The van der Waals surface area contributed by atoms with Crippen molar-refractivity contribution in [2.24, 2.45) is 0 Å². The standard InChI is InChI=1S/C11H8OS2/c1-2-4-9(5-3-1)11-8-10-6-7-13-14(10)12-11/h1-8H. The van der Waals surface area contributed by atoms with E-state index < -0.39 is 0 Å². The molecule has 70 valence electrons. The first kappa shape index (κ1) is 8.38. The zero-order valence-corrected chi connectivity index (χ0v) is 8.98. The topological polar surface area (TPSA) is 9.23 Å². The Balaban J connectivity index is 1.95. The molecule has 0 bridgehead atoms. The summed E-state index contributed by atoms with van der Waals surface area (Å²) < 4.78 is 5.82. The minimum atomic E-state index is -0.0688. The SMILES string of the molecule is C1=CC2=S(OC(c3ccccc3)=C2)S1. The largest absolute Gasteiger partial charge is 0.422 e. The number of rotatable bonds is 1. The summed E-state index contributed by atoms with van der Waals surface area (Å²) in [4.78, 5) is 1.30. The third-order valence-corrected chi connectivity index (χ3v) is 5.10. The van der Waals surface area contributed by atoms with E-state index in [1.54, 1.807) is 10.8 Å². The van der Waals surface area contributed by atoms with Crippen LogP contribution in [-0.4, -0.2) is 4.86 Å². The maximum absolute atomic E-state index is 5.82. The van der Waals surface area contributed by atoms with Crippen molar-refractivity contribution in [3.05, 3.63) is 53.5 Å². The summed E-state index contributed by atoms with van der Waals surface area (Å²) in [6.45, 7) is 0. The summed E-state index contributed by atoms with van der Waals surface area (Å²) in [6.07, 6.45) is 4.26. The molecule has 1 unspecified atom stereocenters. The van der Waals surface area contributed by atoms with Crippen molar-refractivity contribution >= 4 is 31.2 Å². The van der Waals surface area contributed by atoms with Gasteiger partial charge in [-0.3, -0.25) is 0 Å². The first-order chi connectivity index (χ1) is 6.93. The Morgan fingerprint density at radius 3 is 2.79 bits per heavy atom. The predicted octanol–water partition coefficient (Wildman–Crippen LogP) is 3.59. The maximum Gasteiger partial charge on any atom is 0.146 e. The Labute approximate surface area is 89.0 Å². The van der Waals surface area contributed by atoms with Crippen LogP contribution < -0.4 is 0 Å². The highest BCUT2D eigenvalue weighted by Gasteiger charge is 2.19. The molecular formula is C11H8OS2. The molecule has 1 nitrogen and oxygen atoms in total. The van der Waals surface area contributed by atoms with Gasteiger partial charge in [0, 0.05) is 10.4 Å². The molecule has 0 aromatic heterocycles. The van der Waals surface area contributed by atoms with Crippen molar-refractivity contribution < 1.29 is 4.18 Å². The molecule has 14 heavy (non-hydrogen) atoms. The van der Waals surface area contributed by atoms with E-state index in [0.29, 0.717) is 0 Å². The van der Waals surface area contributed by atoms with Gasteiger partial charge >= 0.3 is 0 Å². The smallest absolute Gasteiger partial charge is 0.146 e. The van der Waals surface area contributed by atoms with Crippen LogP contribution in [0.3, 0.4) is 0 Å². The Morgan fingerprint density at radius 1 is 1.14 bits per heavy atom. The summed E-state index contributed by atoms with van der Waals surface area (Å²) in [5.74, 6) is 1.00. The van der Waals surface area contributed by atoms with Crippen LogP contribution in [0.25, 0.3) is 5.76 Å². The number of benzene rings is 1. The van der Waals surface area contributed by atoms with E-state index in [1.807, 2.05) is 18.2 Å². The fourth-order valence-corrected chi connectivity index (χ4v) is 4.17. The van der Waals surface area contributed by atoms with Gasteiger partial charge in [0.05, 0.1) is 9.80 Å². The van der Waals surface area contributed by atoms with Crippen molar-refractivity contribution in [1.29, 1.82) is 0 Å². The van der Waals surface area contributed by atoms with Crippen LogP contribution in [0.5, 0.6) is 0 Å². The van der Waals surface area contributed by atoms with E-state index in [2.05, 4.69) is 29.7 Å². The minimum absolute atomic E-state index is 0.0688. The third-order valence-electron chi connectivity index (χ3n) is 2.06. The highest BCUT2D eigenvalue weighted by molar-refractivity contribution is 8.83. The van der Waals surface area contributed by atoms with Crippen LogP contribution in [0, 0.1) is 0 Å². The van der Waals surface area contributed by atoms with Gasteiger partial charge in [-0.15, -0.1) is 0 Å². The molecule has 0 saturated heterocycles. The quantitative estimate of drug-likeness (QED) is 0.528. The molecule has 0 spiro atoms. The van der Waals surface area contributed by atoms with E-state index in [1.165, 1.54) is 4.86 Å². The molecule has 0 saturated carbocycles.